The first-order valence-corrected chi connectivity index (χ1v) is 9.52. The Labute approximate surface area is 161 Å². The number of benzene rings is 2. The van der Waals surface area contributed by atoms with Gasteiger partial charge in [-0.2, -0.15) is 0 Å². The Morgan fingerprint density at radius 1 is 0.963 bits per heavy atom. The highest BCUT2D eigenvalue weighted by atomic mass is 16.2. The summed E-state index contributed by atoms with van der Waals surface area (Å²) < 4.78 is 0. The van der Waals surface area contributed by atoms with E-state index in [1.807, 2.05) is 30.3 Å². The van der Waals surface area contributed by atoms with E-state index in [1.54, 1.807) is 4.90 Å². The molecule has 1 saturated heterocycles. The highest BCUT2D eigenvalue weighted by molar-refractivity contribution is 5.97. The van der Waals surface area contributed by atoms with Gasteiger partial charge in [-0.15, -0.1) is 0 Å². The molecule has 27 heavy (non-hydrogen) atoms. The molecule has 3 rings (SSSR count). The van der Waals surface area contributed by atoms with Crippen molar-refractivity contribution in [2.45, 2.75) is 19.8 Å². The molecule has 2 aromatic carbocycles. The fraction of sp³-hybridized carbons (Fsp3) is 0.364. The molecule has 5 nitrogen and oxygen atoms in total. The van der Waals surface area contributed by atoms with Gasteiger partial charge in [0, 0.05) is 38.4 Å². The average molecular weight is 365 g/mol. The molecule has 2 amide bonds. The first-order chi connectivity index (χ1) is 13.1. The van der Waals surface area contributed by atoms with Crippen molar-refractivity contribution in [3.8, 4) is 0 Å². The van der Waals surface area contributed by atoms with Crippen LogP contribution in [0.3, 0.4) is 0 Å². The number of piperazine rings is 1. The Bertz CT molecular complexity index is 768. The van der Waals surface area contributed by atoms with E-state index in [0.29, 0.717) is 19.6 Å². The number of amides is 2. The number of aryl methyl sites for hydroxylation is 1. The number of carbonyl (C=O) groups excluding carboxylic acids is 2. The maximum Gasteiger partial charge on any atom is 0.232 e. The highest BCUT2D eigenvalue weighted by Crippen LogP contribution is 2.18. The minimum atomic E-state index is -0.197. The molecule has 1 N–H and O–H groups in total. The maximum atomic E-state index is 12.4. The van der Waals surface area contributed by atoms with Crippen molar-refractivity contribution in [3.63, 3.8) is 0 Å². The number of hydrogen-bond acceptors (Lipinski definition) is 3. The summed E-state index contributed by atoms with van der Waals surface area (Å²) in [6, 6.07) is 18.4. The van der Waals surface area contributed by atoms with Crippen LogP contribution >= 0.6 is 0 Å². The van der Waals surface area contributed by atoms with Crippen LogP contribution in [0, 0.1) is 6.92 Å². The number of anilines is 1. The van der Waals surface area contributed by atoms with Crippen molar-refractivity contribution >= 4 is 17.5 Å². The molecule has 1 aliphatic rings. The minimum absolute atomic E-state index is 0.0702. The highest BCUT2D eigenvalue weighted by Gasteiger charge is 2.22. The molecule has 0 atom stereocenters. The van der Waals surface area contributed by atoms with Gasteiger partial charge in [-0.05, 0) is 36.6 Å². The fourth-order valence-electron chi connectivity index (χ4n) is 3.34. The van der Waals surface area contributed by atoms with Gasteiger partial charge >= 0.3 is 0 Å². The molecule has 0 spiro atoms. The molecule has 0 bridgehead atoms. The second-order valence-electron chi connectivity index (χ2n) is 6.97. The second kappa shape index (κ2) is 9.21. The third kappa shape index (κ3) is 5.58. The van der Waals surface area contributed by atoms with Crippen LogP contribution in [0.1, 0.15) is 17.5 Å². The van der Waals surface area contributed by atoms with Crippen LogP contribution in [0.15, 0.2) is 54.6 Å². The monoisotopic (exact) mass is 365 g/mol. The minimum Gasteiger partial charge on any atom is -0.368 e. The van der Waals surface area contributed by atoms with Gasteiger partial charge in [-0.3, -0.25) is 9.59 Å². The van der Waals surface area contributed by atoms with E-state index < -0.39 is 0 Å². The zero-order valence-corrected chi connectivity index (χ0v) is 15.9. The molecule has 0 unspecified atom stereocenters. The third-order valence-electron chi connectivity index (χ3n) is 4.89. The number of carbonyl (C=O) groups is 2. The Balaban J connectivity index is 1.39. The average Bonchev–Trinajstić information content (AvgIpc) is 2.69. The smallest absolute Gasteiger partial charge is 0.232 e. The summed E-state index contributed by atoms with van der Waals surface area (Å²) in [5, 5.41) is 2.85. The summed E-state index contributed by atoms with van der Waals surface area (Å²) in [6.07, 6.45) is 0.704. The lowest BCUT2D eigenvalue weighted by molar-refractivity contribution is -0.136. The lowest BCUT2D eigenvalue weighted by Gasteiger charge is -2.36. The molecule has 0 saturated carbocycles. The Kier molecular flexibility index (Phi) is 6.47. The van der Waals surface area contributed by atoms with Gasteiger partial charge in [-0.25, -0.2) is 0 Å². The second-order valence-corrected chi connectivity index (χ2v) is 6.97. The summed E-state index contributed by atoms with van der Waals surface area (Å²) in [6.45, 7) is 5.54. The van der Waals surface area contributed by atoms with Crippen LogP contribution in [0.2, 0.25) is 0 Å². The Morgan fingerprint density at radius 3 is 2.41 bits per heavy atom. The van der Waals surface area contributed by atoms with E-state index in [1.165, 1.54) is 16.8 Å². The summed E-state index contributed by atoms with van der Waals surface area (Å²) in [5.41, 5.74) is 3.61. The van der Waals surface area contributed by atoms with Crippen LogP contribution in [-0.2, 0) is 16.0 Å². The van der Waals surface area contributed by atoms with Crippen molar-refractivity contribution in [3.05, 3.63) is 65.7 Å². The van der Waals surface area contributed by atoms with Gasteiger partial charge in [0.1, 0.15) is 6.42 Å². The summed E-state index contributed by atoms with van der Waals surface area (Å²) in [7, 11) is 0. The van der Waals surface area contributed by atoms with E-state index in [4.69, 9.17) is 0 Å². The molecule has 2 aromatic rings. The SMILES string of the molecule is Cc1cccc(N2CCN(C(=O)CC(=O)NCCc3ccccc3)CC2)c1. The zero-order chi connectivity index (χ0) is 19.1. The number of rotatable bonds is 6. The predicted octanol–water partition coefficient (Wildman–Crippen LogP) is 2.39. The number of hydrogen-bond donors (Lipinski definition) is 1. The zero-order valence-electron chi connectivity index (χ0n) is 15.9. The van der Waals surface area contributed by atoms with Crippen LogP contribution in [-0.4, -0.2) is 49.4 Å². The topological polar surface area (TPSA) is 52.7 Å². The van der Waals surface area contributed by atoms with Gasteiger partial charge < -0.3 is 15.1 Å². The summed E-state index contributed by atoms with van der Waals surface area (Å²) >= 11 is 0. The summed E-state index contributed by atoms with van der Waals surface area (Å²) in [4.78, 5) is 28.5. The van der Waals surface area contributed by atoms with Crippen LogP contribution in [0.4, 0.5) is 5.69 Å². The lowest BCUT2D eigenvalue weighted by Crippen LogP contribution is -2.49. The van der Waals surface area contributed by atoms with Gasteiger partial charge in [0.05, 0.1) is 0 Å². The van der Waals surface area contributed by atoms with Gasteiger partial charge in [0.25, 0.3) is 0 Å². The van der Waals surface area contributed by atoms with Crippen molar-refractivity contribution in [2.75, 3.05) is 37.6 Å². The normalized spacial score (nSPS) is 14.1. The third-order valence-corrected chi connectivity index (χ3v) is 4.89. The lowest BCUT2D eigenvalue weighted by atomic mass is 10.1. The fourth-order valence-corrected chi connectivity index (χ4v) is 3.34. The molecule has 0 aliphatic carbocycles. The maximum absolute atomic E-state index is 12.4. The molecule has 0 radical (unpaired) electrons. The standard InChI is InChI=1S/C22H27N3O2/c1-18-6-5-9-20(16-18)24-12-14-25(15-13-24)22(27)17-21(26)23-11-10-19-7-3-2-4-8-19/h2-9,16H,10-15,17H2,1H3,(H,23,26). The molecule has 5 heteroatoms. The Hall–Kier alpha value is -2.82. The van der Waals surface area contributed by atoms with Crippen molar-refractivity contribution in [2.24, 2.45) is 0 Å². The Morgan fingerprint density at radius 2 is 1.70 bits per heavy atom. The largest absolute Gasteiger partial charge is 0.368 e. The summed E-state index contributed by atoms with van der Waals surface area (Å²) in [5.74, 6) is -0.284. The van der Waals surface area contributed by atoms with E-state index in [9.17, 15) is 9.59 Å². The van der Waals surface area contributed by atoms with Crippen molar-refractivity contribution in [1.29, 1.82) is 0 Å². The van der Waals surface area contributed by atoms with Gasteiger partial charge in [0.2, 0.25) is 11.8 Å². The van der Waals surface area contributed by atoms with Crippen molar-refractivity contribution in [1.82, 2.24) is 10.2 Å². The molecule has 1 heterocycles. The first kappa shape index (κ1) is 19.0. The first-order valence-electron chi connectivity index (χ1n) is 9.52. The molecule has 1 fully saturated rings. The molecular weight excluding hydrogens is 338 g/mol. The quantitative estimate of drug-likeness (QED) is 0.800. The number of nitrogens with zero attached hydrogens (tertiary/aromatic N) is 2. The molecular formula is C22H27N3O2. The van der Waals surface area contributed by atoms with Crippen LogP contribution in [0.25, 0.3) is 0 Å². The molecule has 142 valence electrons. The molecule has 0 aromatic heterocycles. The van der Waals surface area contributed by atoms with Crippen LogP contribution in [0.5, 0.6) is 0 Å². The van der Waals surface area contributed by atoms with E-state index in [-0.39, 0.29) is 18.2 Å². The van der Waals surface area contributed by atoms with E-state index >= 15 is 0 Å². The van der Waals surface area contributed by atoms with E-state index in [2.05, 4.69) is 41.4 Å². The van der Waals surface area contributed by atoms with Gasteiger partial charge in [0.15, 0.2) is 0 Å². The number of nitrogens with one attached hydrogen (secondary N) is 1. The van der Waals surface area contributed by atoms with Crippen LogP contribution < -0.4 is 10.2 Å². The van der Waals surface area contributed by atoms with Gasteiger partial charge in [-0.1, -0.05) is 42.5 Å². The van der Waals surface area contributed by atoms with E-state index in [0.717, 1.165) is 19.5 Å². The molecule has 1 aliphatic heterocycles. The van der Waals surface area contributed by atoms with Crippen molar-refractivity contribution < 1.29 is 9.59 Å². The predicted molar refractivity (Wildman–Crippen MR) is 108 cm³/mol.